The van der Waals surface area contributed by atoms with Crippen molar-refractivity contribution < 1.29 is 9.59 Å². The topological polar surface area (TPSA) is 87.2 Å². The molecular formula is C13H15N5O2S2. The molecule has 1 aliphatic heterocycles. The SMILES string of the molecule is CN1C[C@@H](NC(=O)Nc2nnc(-c3cccs3)s2)CCC1=O. The first kappa shape index (κ1) is 14.9. The third kappa shape index (κ3) is 3.42. The van der Waals surface area contributed by atoms with Gasteiger partial charge in [-0.2, -0.15) is 0 Å². The van der Waals surface area contributed by atoms with Crippen molar-refractivity contribution >= 4 is 39.7 Å². The van der Waals surface area contributed by atoms with Gasteiger partial charge in [0.15, 0.2) is 5.01 Å². The molecule has 9 heteroatoms. The van der Waals surface area contributed by atoms with Gasteiger partial charge >= 0.3 is 6.03 Å². The second-order valence-corrected chi connectivity index (χ2v) is 6.92. The smallest absolute Gasteiger partial charge is 0.321 e. The lowest BCUT2D eigenvalue weighted by Gasteiger charge is -2.29. The molecule has 7 nitrogen and oxygen atoms in total. The van der Waals surface area contributed by atoms with E-state index in [1.165, 1.54) is 11.3 Å². The van der Waals surface area contributed by atoms with E-state index in [4.69, 9.17) is 0 Å². The fourth-order valence-corrected chi connectivity index (χ4v) is 3.75. The van der Waals surface area contributed by atoms with Crippen LogP contribution in [0.5, 0.6) is 0 Å². The highest BCUT2D eigenvalue weighted by Crippen LogP contribution is 2.29. The van der Waals surface area contributed by atoms with Crippen LogP contribution in [0.1, 0.15) is 12.8 Å². The van der Waals surface area contributed by atoms with E-state index in [1.807, 2.05) is 17.5 Å². The number of anilines is 1. The second-order valence-electron chi connectivity index (χ2n) is 5.00. The molecule has 0 aromatic carbocycles. The van der Waals surface area contributed by atoms with Crippen LogP contribution in [0.15, 0.2) is 17.5 Å². The zero-order valence-electron chi connectivity index (χ0n) is 11.9. The molecule has 0 aliphatic carbocycles. The van der Waals surface area contributed by atoms with Crippen molar-refractivity contribution in [3.63, 3.8) is 0 Å². The molecule has 3 rings (SSSR count). The van der Waals surface area contributed by atoms with Gasteiger partial charge in [-0.05, 0) is 17.9 Å². The van der Waals surface area contributed by atoms with Crippen molar-refractivity contribution in [2.75, 3.05) is 18.9 Å². The number of carbonyl (C=O) groups is 2. The highest BCUT2D eigenvalue weighted by Gasteiger charge is 2.24. The van der Waals surface area contributed by atoms with E-state index in [-0.39, 0.29) is 18.0 Å². The minimum atomic E-state index is -0.318. The van der Waals surface area contributed by atoms with E-state index in [0.29, 0.717) is 24.5 Å². The minimum absolute atomic E-state index is 0.0348. The molecule has 0 unspecified atom stereocenters. The Balaban J connectivity index is 1.55. The number of carbonyl (C=O) groups excluding carboxylic acids is 2. The lowest BCUT2D eigenvalue weighted by atomic mass is 10.1. The number of likely N-dealkylation sites (N-methyl/N-ethyl adjacent to an activating group) is 1. The highest BCUT2D eigenvalue weighted by molar-refractivity contribution is 7.23. The monoisotopic (exact) mass is 337 g/mol. The number of amides is 3. The average molecular weight is 337 g/mol. The Morgan fingerprint density at radius 1 is 1.45 bits per heavy atom. The van der Waals surface area contributed by atoms with Gasteiger partial charge in [0.05, 0.1) is 4.88 Å². The molecule has 1 saturated heterocycles. The van der Waals surface area contributed by atoms with Crippen LogP contribution < -0.4 is 10.6 Å². The van der Waals surface area contributed by atoms with Crippen LogP contribution in [0.4, 0.5) is 9.93 Å². The summed E-state index contributed by atoms with van der Waals surface area (Å²) in [5, 5.41) is 16.8. The van der Waals surface area contributed by atoms with Crippen molar-refractivity contribution in [2.45, 2.75) is 18.9 Å². The van der Waals surface area contributed by atoms with E-state index >= 15 is 0 Å². The lowest BCUT2D eigenvalue weighted by molar-refractivity contribution is -0.132. The zero-order chi connectivity index (χ0) is 15.5. The maximum absolute atomic E-state index is 12.0. The average Bonchev–Trinajstić information content (AvgIpc) is 3.13. The number of hydrogen-bond donors (Lipinski definition) is 2. The number of hydrogen-bond acceptors (Lipinski definition) is 6. The van der Waals surface area contributed by atoms with Crippen molar-refractivity contribution in [1.29, 1.82) is 0 Å². The second kappa shape index (κ2) is 6.41. The normalized spacial score (nSPS) is 18.3. The molecule has 3 amide bonds. The number of piperidine rings is 1. The first-order valence-corrected chi connectivity index (χ1v) is 8.50. The highest BCUT2D eigenvalue weighted by atomic mass is 32.1. The molecular weight excluding hydrogens is 322 g/mol. The van der Waals surface area contributed by atoms with Crippen molar-refractivity contribution in [3.8, 4) is 9.88 Å². The minimum Gasteiger partial charge on any atom is -0.344 e. The van der Waals surface area contributed by atoms with Gasteiger partial charge in [0.2, 0.25) is 11.0 Å². The molecule has 0 saturated carbocycles. The first-order chi connectivity index (χ1) is 10.6. The molecule has 1 atom stereocenters. The molecule has 2 aromatic heterocycles. The Hall–Kier alpha value is -2.00. The summed E-state index contributed by atoms with van der Waals surface area (Å²) in [6, 6.07) is 3.56. The number of nitrogens with one attached hydrogen (secondary N) is 2. The summed E-state index contributed by atoms with van der Waals surface area (Å²) in [6.07, 6.45) is 1.12. The quantitative estimate of drug-likeness (QED) is 0.897. The Labute approximate surface area is 135 Å². The summed E-state index contributed by atoms with van der Waals surface area (Å²) in [4.78, 5) is 26.1. The molecule has 116 valence electrons. The maximum atomic E-state index is 12.0. The molecule has 22 heavy (non-hydrogen) atoms. The van der Waals surface area contributed by atoms with E-state index < -0.39 is 0 Å². The molecule has 1 aliphatic rings. The van der Waals surface area contributed by atoms with E-state index in [2.05, 4.69) is 20.8 Å². The zero-order valence-corrected chi connectivity index (χ0v) is 13.5. The summed E-state index contributed by atoms with van der Waals surface area (Å²) < 4.78 is 0. The fraction of sp³-hybridized carbons (Fsp3) is 0.385. The predicted octanol–water partition coefficient (Wildman–Crippen LogP) is 2.01. The maximum Gasteiger partial charge on any atom is 0.321 e. The van der Waals surface area contributed by atoms with E-state index in [1.54, 1.807) is 23.3 Å². The molecule has 0 bridgehead atoms. The summed E-state index contributed by atoms with van der Waals surface area (Å²) in [6.45, 7) is 0.531. The fourth-order valence-electron chi connectivity index (χ4n) is 2.22. The van der Waals surface area contributed by atoms with Gasteiger partial charge in [0.1, 0.15) is 0 Å². The van der Waals surface area contributed by atoms with Crippen LogP contribution in [-0.4, -0.2) is 46.7 Å². The van der Waals surface area contributed by atoms with Gasteiger partial charge in [-0.25, -0.2) is 4.79 Å². The van der Waals surface area contributed by atoms with Gasteiger partial charge in [-0.3, -0.25) is 10.1 Å². The largest absolute Gasteiger partial charge is 0.344 e. The van der Waals surface area contributed by atoms with Crippen LogP contribution >= 0.6 is 22.7 Å². The van der Waals surface area contributed by atoms with E-state index in [9.17, 15) is 9.59 Å². The molecule has 1 fully saturated rings. The number of likely N-dealkylation sites (tertiary alicyclic amines) is 1. The molecule has 0 spiro atoms. The van der Waals surface area contributed by atoms with Crippen molar-refractivity contribution in [2.24, 2.45) is 0 Å². The number of nitrogens with zero attached hydrogens (tertiary/aromatic N) is 3. The third-order valence-electron chi connectivity index (χ3n) is 3.34. The first-order valence-electron chi connectivity index (χ1n) is 6.80. The number of rotatable bonds is 3. The Kier molecular flexibility index (Phi) is 4.34. The van der Waals surface area contributed by atoms with Crippen LogP contribution in [0, 0.1) is 0 Å². The van der Waals surface area contributed by atoms with Crippen LogP contribution in [0.25, 0.3) is 9.88 Å². The van der Waals surface area contributed by atoms with Crippen LogP contribution in [-0.2, 0) is 4.79 Å². The molecule has 2 aromatic rings. The van der Waals surface area contributed by atoms with Gasteiger partial charge in [-0.1, -0.05) is 17.4 Å². The van der Waals surface area contributed by atoms with Crippen LogP contribution in [0.3, 0.4) is 0 Å². The van der Waals surface area contributed by atoms with E-state index in [0.717, 1.165) is 9.88 Å². The van der Waals surface area contributed by atoms with Crippen molar-refractivity contribution in [1.82, 2.24) is 20.4 Å². The van der Waals surface area contributed by atoms with Gasteiger partial charge in [-0.15, -0.1) is 21.5 Å². The Morgan fingerprint density at radius 2 is 2.32 bits per heavy atom. The summed E-state index contributed by atoms with van der Waals surface area (Å²) in [5.41, 5.74) is 0. The predicted molar refractivity (Wildman–Crippen MR) is 86.0 cm³/mol. The van der Waals surface area contributed by atoms with Gasteiger partial charge in [0, 0.05) is 26.1 Å². The Morgan fingerprint density at radius 3 is 3.05 bits per heavy atom. The lowest BCUT2D eigenvalue weighted by Crippen LogP contribution is -2.49. The standard InChI is InChI=1S/C13H15N5O2S2/c1-18-7-8(4-5-10(18)19)14-12(20)15-13-17-16-11(22-13)9-3-2-6-21-9/h2-3,6,8H,4-5,7H2,1H3,(H2,14,15,17,20)/t8-/m0/s1. The third-order valence-corrected chi connectivity index (χ3v) is 5.22. The molecule has 3 heterocycles. The van der Waals surface area contributed by atoms with Gasteiger partial charge in [0.25, 0.3) is 0 Å². The van der Waals surface area contributed by atoms with Gasteiger partial charge < -0.3 is 10.2 Å². The summed E-state index contributed by atoms with van der Waals surface area (Å²) in [7, 11) is 1.74. The number of thiophene rings is 1. The summed E-state index contributed by atoms with van der Waals surface area (Å²) >= 11 is 2.91. The number of urea groups is 1. The molecule has 0 radical (unpaired) electrons. The molecule has 2 N–H and O–H groups in total. The Bertz CT molecular complexity index is 670. The summed E-state index contributed by atoms with van der Waals surface area (Å²) in [5.74, 6) is 0.114. The van der Waals surface area contributed by atoms with Crippen LogP contribution in [0.2, 0.25) is 0 Å². The van der Waals surface area contributed by atoms with Crippen molar-refractivity contribution in [3.05, 3.63) is 17.5 Å². The number of aromatic nitrogens is 2.